The van der Waals surface area contributed by atoms with Crippen LogP contribution in [0.2, 0.25) is 0 Å². The molecular weight excluding hydrogens is 320 g/mol. The van der Waals surface area contributed by atoms with Crippen molar-refractivity contribution in [3.05, 3.63) is 41.4 Å². The standard InChI is InChI=1S/C18H20N4O3/c1-10-6-12-16(13(23)7-10)17(22-18(21-12)19-9-20-22)11-4-5-14(24-2)15(8-11)25-3/h4-5,8-10,17H,6-7H2,1-3H3,(H,19,20,21). The molecule has 0 bridgehead atoms. The summed E-state index contributed by atoms with van der Waals surface area (Å²) in [5.41, 5.74) is 2.63. The molecule has 0 fully saturated rings. The Bertz CT molecular complexity index is 871. The number of anilines is 1. The van der Waals surface area contributed by atoms with E-state index in [-0.39, 0.29) is 11.8 Å². The minimum absolute atomic E-state index is 0.155. The molecule has 130 valence electrons. The van der Waals surface area contributed by atoms with E-state index in [2.05, 4.69) is 22.3 Å². The Balaban J connectivity index is 1.88. The fraction of sp³-hybridized carbons (Fsp3) is 0.389. The number of ether oxygens (including phenoxy) is 2. The maximum Gasteiger partial charge on any atom is 0.226 e. The summed E-state index contributed by atoms with van der Waals surface area (Å²) in [5.74, 6) is 2.40. The molecule has 25 heavy (non-hydrogen) atoms. The Labute approximate surface area is 145 Å². The van der Waals surface area contributed by atoms with Crippen molar-refractivity contribution >= 4 is 11.7 Å². The summed E-state index contributed by atoms with van der Waals surface area (Å²) >= 11 is 0. The zero-order chi connectivity index (χ0) is 17.6. The summed E-state index contributed by atoms with van der Waals surface area (Å²) in [6.07, 6.45) is 2.88. The van der Waals surface area contributed by atoms with Crippen molar-refractivity contribution in [1.82, 2.24) is 14.8 Å². The van der Waals surface area contributed by atoms with Crippen LogP contribution in [0, 0.1) is 5.92 Å². The molecule has 2 aromatic rings. The Morgan fingerprint density at radius 3 is 2.76 bits per heavy atom. The summed E-state index contributed by atoms with van der Waals surface area (Å²) < 4.78 is 12.5. The van der Waals surface area contributed by atoms with E-state index in [1.807, 2.05) is 18.2 Å². The van der Waals surface area contributed by atoms with Crippen molar-refractivity contribution in [1.29, 1.82) is 0 Å². The molecule has 2 atom stereocenters. The topological polar surface area (TPSA) is 78.3 Å². The van der Waals surface area contributed by atoms with Gasteiger partial charge < -0.3 is 14.8 Å². The second kappa shape index (κ2) is 5.91. The van der Waals surface area contributed by atoms with E-state index in [0.29, 0.717) is 29.8 Å². The molecule has 2 unspecified atom stereocenters. The molecule has 0 amide bonds. The fourth-order valence-corrected chi connectivity index (χ4v) is 3.68. The number of Topliss-reactive ketones (excluding diaryl/α,β-unsaturated/α-hetero) is 1. The van der Waals surface area contributed by atoms with E-state index in [1.165, 1.54) is 6.33 Å². The van der Waals surface area contributed by atoms with Crippen LogP contribution in [-0.4, -0.2) is 34.8 Å². The Kier molecular flexibility index (Phi) is 3.71. The fourth-order valence-electron chi connectivity index (χ4n) is 3.68. The number of hydrogen-bond donors (Lipinski definition) is 1. The third-order valence-corrected chi connectivity index (χ3v) is 4.79. The molecule has 7 nitrogen and oxygen atoms in total. The number of fused-ring (bicyclic) bond motifs is 1. The average Bonchev–Trinajstić information content (AvgIpc) is 3.07. The molecule has 7 heteroatoms. The summed E-state index contributed by atoms with van der Waals surface area (Å²) in [5, 5.41) is 7.62. The summed E-state index contributed by atoms with van der Waals surface area (Å²) in [6.45, 7) is 2.09. The largest absolute Gasteiger partial charge is 0.493 e. The van der Waals surface area contributed by atoms with Crippen LogP contribution in [0.5, 0.6) is 11.5 Å². The zero-order valence-electron chi connectivity index (χ0n) is 14.4. The maximum atomic E-state index is 12.8. The number of hydrogen-bond acceptors (Lipinski definition) is 6. The summed E-state index contributed by atoms with van der Waals surface area (Å²) in [6, 6.07) is 5.38. The van der Waals surface area contributed by atoms with Crippen LogP contribution in [0.15, 0.2) is 35.8 Å². The first kappa shape index (κ1) is 15.7. The van der Waals surface area contributed by atoms with Gasteiger partial charge in [0.05, 0.1) is 14.2 Å². The highest BCUT2D eigenvalue weighted by molar-refractivity contribution is 5.99. The van der Waals surface area contributed by atoms with Crippen LogP contribution >= 0.6 is 0 Å². The van der Waals surface area contributed by atoms with Crippen molar-refractivity contribution in [2.24, 2.45) is 5.92 Å². The third kappa shape index (κ3) is 2.47. The highest BCUT2D eigenvalue weighted by Gasteiger charge is 2.38. The lowest BCUT2D eigenvalue weighted by atomic mass is 9.81. The van der Waals surface area contributed by atoms with E-state index < -0.39 is 0 Å². The average molecular weight is 340 g/mol. The molecule has 0 spiro atoms. The van der Waals surface area contributed by atoms with E-state index in [0.717, 1.165) is 23.3 Å². The maximum absolute atomic E-state index is 12.8. The first-order valence-electron chi connectivity index (χ1n) is 8.27. The number of ketones is 1. The molecule has 4 rings (SSSR count). The number of nitrogens with zero attached hydrogens (tertiary/aromatic N) is 3. The van der Waals surface area contributed by atoms with Crippen LogP contribution in [-0.2, 0) is 4.79 Å². The lowest BCUT2D eigenvalue weighted by molar-refractivity contribution is -0.117. The molecule has 1 aromatic carbocycles. The summed E-state index contributed by atoms with van der Waals surface area (Å²) in [4.78, 5) is 17.1. The number of nitrogens with one attached hydrogen (secondary N) is 1. The minimum atomic E-state index is -0.312. The van der Waals surface area contributed by atoms with Gasteiger partial charge in [-0.1, -0.05) is 13.0 Å². The first-order chi connectivity index (χ1) is 12.1. The zero-order valence-corrected chi connectivity index (χ0v) is 14.4. The smallest absolute Gasteiger partial charge is 0.226 e. The van der Waals surface area contributed by atoms with E-state index in [1.54, 1.807) is 18.9 Å². The van der Waals surface area contributed by atoms with Crippen molar-refractivity contribution in [3.63, 3.8) is 0 Å². The van der Waals surface area contributed by atoms with Gasteiger partial charge >= 0.3 is 0 Å². The predicted octanol–water partition coefficient (Wildman–Crippen LogP) is 2.56. The van der Waals surface area contributed by atoms with Crippen LogP contribution in [0.4, 0.5) is 5.95 Å². The number of carbonyl (C=O) groups excluding carboxylic acids is 1. The number of methoxy groups -OCH3 is 2. The molecule has 2 heterocycles. The normalized spacial score (nSPS) is 22.1. The minimum Gasteiger partial charge on any atom is -0.493 e. The Hall–Kier alpha value is -2.83. The van der Waals surface area contributed by atoms with E-state index in [9.17, 15) is 4.79 Å². The van der Waals surface area contributed by atoms with Gasteiger partial charge in [-0.15, -0.1) is 0 Å². The first-order valence-corrected chi connectivity index (χ1v) is 8.27. The van der Waals surface area contributed by atoms with E-state index >= 15 is 0 Å². The quantitative estimate of drug-likeness (QED) is 0.925. The highest BCUT2D eigenvalue weighted by atomic mass is 16.5. The van der Waals surface area contributed by atoms with Gasteiger partial charge in [0.2, 0.25) is 5.95 Å². The van der Waals surface area contributed by atoms with Gasteiger partial charge in [-0.2, -0.15) is 10.1 Å². The molecule has 0 saturated carbocycles. The molecule has 1 aliphatic heterocycles. The van der Waals surface area contributed by atoms with Gasteiger partial charge in [0.1, 0.15) is 12.4 Å². The van der Waals surface area contributed by atoms with Gasteiger partial charge in [0.25, 0.3) is 0 Å². The number of rotatable bonds is 3. The van der Waals surface area contributed by atoms with Gasteiger partial charge in [-0.3, -0.25) is 4.79 Å². The van der Waals surface area contributed by atoms with Gasteiger partial charge in [0, 0.05) is 17.7 Å². The van der Waals surface area contributed by atoms with Crippen molar-refractivity contribution < 1.29 is 14.3 Å². The van der Waals surface area contributed by atoms with Crippen molar-refractivity contribution in [2.75, 3.05) is 19.5 Å². The van der Waals surface area contributed by atoms with Crippen LogP contribution < -0.4 is 14.8 Å². The SMILES string of the molecule is COc1ccc(C2C3=C(CC(C)CC3=O)Nc3ncnn32)cc1OC. The number of benzene rings is 1. The highest BCUT2D eigenvalue weighted by Crippen LogP contribution is 2.42. The lowest BCUT2D eigenvalue weighted by Gasteiger charge is -2.34. The summed E-state index contributed by atoms with van der Waals surface area (Å²) in [7, 11) is 3.20. The second-order valence-electron chi connectivity index (χ2n) is 6.50. The van der Waals surface area contributed by atoms with Crippen LogP contribution in [0.1, 0.15) is 31.4 Å². The van der Waals surface area contributed by atoms with Crippen LogP contribution in [0.25, 0.3) is 0 Å². The van der Waals surface area contributed by atoms with Crippen molar-refractivity contribution in [2.45, 2.75) is 25.8 Å². The Morgan fingerprint density at radius 2 is 2.00 bits per heavy atom. The molecule has 1 aromatic heterocycles. The lowest BCUT2D eigenvalue weighted by Crippen LogP contribution is -2.33. The Morgan fingerprint density at radius 1 is 1.20 bits per heavy atom. The number of allylic oxidation sites excluding steroid dienone is 2. The second-order valence-corrected chi connectivity index (χ2v) is 6.50. The van der Waals surface area contributed by atoms with Crippen LogP contribution in [0.3, 0.4) is 0 Å². The molecular formula is C18H20N4O3. The van der Waals surface area contributed by atoms with Gasteiger partial charge in [-0.05, 0) is 30.0 Å². The van der Waals surface area contributed by atoms with E-state index in [4.69, 9.17) is 9.47 Å². The molecule has 2 aliphatic rings. The monoisotopic (exact) mass is 340 g/mol. The third-order valence-electron chi connectivity index (χ3n) is 4.79. The van der Waals surface area contributed by atoms with Gasteiger partial charge in [0.15, 0.2) is 17.3 Å². The number of aromatic nitrogens is 3. The molecule has 0 radical (unpaired) electrons. The van der Waals surface area contributed by atoms with Crippen molar-refractivity contribution in [3.8, 4) is 11.5 Å². The molecule has 0 saturated heterocycles. The number of carbonyl (C=O) groups is 1. The predicted molar refractivity (Wildman–Crippen MR) is 91.8 cm³/mol. The molecule has 1 aliphatic carbocycles. The molecule has 1 N–H and O–H groups in total. The van der Waals surface area contributed by atoms with Gasteiger partial charge in [-0.25, -0.2) is 4.68 Å².